The molecule has 3 aromatic heterocycles. The number of amides is 1. The van der Waals surface area contributed by atoms with Gasteiger partial charge in [0, 0.05) is 16.5 Å². The molecule has 0 fully saturated rings. The Balaban J connectivity index is 1.55. The summed E-state index contributed by atoms with van der Waals surface area (Å²) in [7, 11) is 0. The molecule has 0 saturated heterocycles. The molecule has 0 atom stereocenters. The number of hydrogen-bond acceptors (Lipinski definition) is 6. The van der Waals surface area contributed by atoms with Crippen LogP contribution in [0.5, 0.6) is 0 Å². The van der Waals surface area contributed by atoms with E-state index in [2.05, 4.69) is 15.4 Å². The molecule has 5 aromatic rings. The third kappa shape index (κ3) is 2.79. The Morgan fingerprint density at radius 2 is 1.89 bits per heavy atom. The minimum atomic E-state index is -0.380. The van der Waals surface area contributed by atoms with Crippen molar-refractivity contribution in [2.45, 2.75) is 0 Å². The first-order valence-corrected chi connectivity index (χ1v) is 10.2. The number of fused-ring (bicyclic) bond motifs is 2. The first kappa shape index (κ1) is 16.8. The van der Waals surface area contributed by atoms with Gasteiger partial charge in [0.2, 0.25) is 0 Å². The van der Waals surface area contributed by atoms with Crippen molar-refractivity contribution in [3.8, 4) is 11.1 Å². The SMILES string of the molecule is O=C(Nn1cnc2scc(-c3ccccc3)c2c1=O)c1ccc2ncsc2c1. The zero-order valence-electron chi connectivity index (χ0n) is 14.3. The summed E-state index contributed by atoms with van der Waals surface area (Å²) in [6.45, 7) is 0. The first-order chi connectivity index (χ1) is 13.7. The number of nitrogens with one attached hydrogen (secondary N) is 1. The number of benzene rings is 2. The average Bonchev–Trinajstić information content (AvgIpc) is 3.37. The average molecular weight is 404 g/mol. The van der Waals surface area contributed by atoms with Gasteiger partial charge in [-0.25, -0.2) is 14.6 Å². The summed E-state index contributed by atoms with van der Waals surface area (Å²) in [5, 5.41) is 2.41. The largest absolute Gasteiger partial charge is 0.281 e. The molecule has 0 bridgehead atoms. The third-order valence-corrected chi connectivity index (χ3v) is 6.07. The molecular weight excluding hydrogens is 392 g/mol. The van der Waals surface area contributed by atoms with E-state index in [1.807, 2.05) is 35.7 Å². The second kappa shape index (κ2) is 6.66. The maximum Gasteiger partial charge on any atom is 0.281 e. The molecule has 0 saturated carbocycles. The van der Waals surface area contributed by atoms with Crippen LogP contribution in [0.25, 0.3) is 31.6 Å². The normalized spacial score (nSPS) is 11.1. The van der Waals surface area contributed by atoms with Crippen LogP contribution in [0.4, 0.5) is 0 Å². The van der Waals surface area contributed by atoms with E-state index < -0.39 is 0 Å². The third-order valence-electron chi connectivity index (χ3n) is 4.39. The van der Waals surface area contributed by atoms with Crippen LogP contribution in [0.2, 0.25) is 0 Å². The standard InChI is InChI=1S/C20H12N4O2S2/c25-18(13-6-7-15-16(8-13)28-11-22-15)23-24-10-21-19-17(20(24)26)14(9-27-19)12-4-2-1-3-5-12/h1-11H,(H,23,25). The van der Waals surface area contributed by atoms with Gasteiger partial charge in [-0.05, 0) is 23.8 Å². The van der Waals surface area contributed by atoms with Crippen LogP contribution in [0.15, 0.2) is 70.5 Å². The molecular formula is C20H12N4O2S2. The minimum absolute atomic E-state index is 0.308. The summed E-state index contributed by atoms with van der Waals surface area (Å²) in [5.74, 6) is -0.380. The Bertz CT molecular complexity index is 1390. The van der Waals surface area contributed by atoms with Gasteiger partial charge in [0.25, 0.3) is 11.5 Å². The van der Waals surface area contributed by atoms with Crippen LogP contribution in [-0.2, 0) is 0 Å². The number of thiophene rings is 1. The van der Waals surface area contributed by atoms with E-state index in [9.17, 15) is 9.59 Å². The predicted octanol–water partition coefficient (Wildman–Crippen LogP) is 4.12. The molecule has 3 heterocycles. The van der Waals surface area contributed by atoms with Gasteiger partial charge in [-0.3, -0.25) is 15.0 Å². The van der Waals surface area contributed by atoms with Crippen molar-refractivity contribution >= 4 is 49.0 Å². The highest BCUT2D eigenvalue weighted by Crippen LogP contribution is 2.30. The van der Waals surface area contributed by atoms with Gasteiger partial charge in [0.1, 0.15) is 11.2 Å². The number of rotatable bonds is 3. The van der Waals surface area contributed by atoms with Crippen molar-refractivity contribution in [2.24, 2.45) is 0 Å². The molecule has 5 rings (SSSR count). The van der Waals surface area contributed by atoms with E-state index >= 15 is 0 Å². The van der Waals surface area contributed by atoms with Crippen molar-refractivity contribution in [2.75, 3.05) is 5.43 Å². The van der Waals surface area contributed by atoms with E-state index in [0.717, 1.165) is 26.0 Å². The quantitative estimate of drug-likeness (QED) is 0.491. The second-order valence-electron chi connectivity index (χ2n) is 6.09. The summed E-state index contributed by atoms with van der Waals surface area (Å²) < 4.78 is 2.05. The van der Waals surface area contributed by atoms with Gasteiger partial charge < -0.3 is 0 Å². The predicted molar refractivity (Wildman–Crippen MR) is 113 cm³/mol. The summed E-state index contributed by atoms with van der Waals surface area (Å²) in [4.78, 5) is 34.9. The summed E-state index contributed by atoms with van der Waals surface area (Å²) in [6.07, 6.45) is 1.35. The molecule has 6 nitrogen and oxygen atoms in total. The maximum atomic E-state index is 13.0. The highest BCUT2D eigenvalue weighted by molar-refractivity contribution is 7.17. The van der Waals surface area contributed by atoms with Crippen molar-refractivity contribution in [1.29, 1.82) is 0 Å². The highest BCUT2D eigenvalue weighted by Gasteiger charge is 2.15. The molecule has 0 radical (unpaired) electrons. The number of thiazole rings is 1. The summed E-state index contributed by atoms with van der Waals surface area (Å²) in [6, 6.07) is 14.9. The zero-order valence-corrected chi connectivity index (χ0v) is 16.0. The fraction of sp³-hybridized carbons (Fsp3) is 0. The van der Waals surface area contributed by atoms with E-state index in [4.69, 9.17) is 0 Å². The lowest BCUT2D eigenvalue weighted by molar-refractivity contribution is 0.101. The van der Waals surface area contributed by atoms with Crippen molar-refractivity contribution in [3.05, 3.63) is 81.7 Å². The molecule has 28 heavy (non-hydrogen) atoms. The molecule has 2 aromatic carbocycles. The fourth-order valence-corrected chi connectivity index (χ4v) is 4.64. The molecule has 0 aliphatic heterocycles. The van der Waals surface area contributed by atoms with Crippen LogP contribution in [0.1, 0.15) is 10.4 Å². The van der Waals surface area contributed by atoms with Crippen LogP contribution in [-0.4, -0.2) is 20.6 Å². The zero-order chi connectivity index (χ0) is 19.1. The number of hydrogen-bond donors (Lipinski definition) is 1. The van der Waals surface area contributed by atoms with Gasteiger partial charge in [-0.2, -0.15) is 0 Å². The number of nitrogens with zero attached hydrogens (tertiary/aromatic N) is 3. The van der Waals surface area contributed by atoms with Crippen LogP contribution in [0, 0.1) is 0 Å². The molecule has 1 amide bonds. The topological polar surface area (TPSA) is 76.9 Å². The second-order valence-corrected chi connectivity index (χ2v) is 7.84. The Kier molecular flexibility index (Phi) is 4.00. The van der Waals surface area contributed by atoms with E-state index in [-0.39, 0.29) is 11.5 Å². The Hall–Kier alpha value is -3.36. The number of carbonyl (C=O) groups is 1. The Morgan fingerprint density at radius 1 is 1.04 bits per heavy atom. The summed E-state index contributed by atoms with van der Waals surface area (Å²) >= 11 is 2.87. The van der Waals surface area contributed by atoms with Gasteiger partial charge in [0.05, 0.1) is 21.1 Å². The van der Waals surface area contributed by atoms with Crippen LogP contribution in [0.3, 0.4) is 0 Å². The van der Waals surface area contributed by atoms with Gasteiger partial charge in [-0.15, -0.1) is 22.7 Å². The van der Waals surface area contributed by atoms with E-state index in [1.165, 1.54) is 29.0 Å². The lowest BCUT2D eigenvalue weighted by Gasteiger charge is -2.08. The van der Waals surface area contributed by atoms with E-state index in [0.29, 0.717) is 15.8 Å². The molecule has 1 N–H and O–H groups in total. The van der Waals surface area contributed by atoms with Crippen molar-refractivity contribution in [1.82, 2.24) is 14.6 Å². The van der Waals surface area contributed by atoms with E-state index in [1.54, 1.807) is 23.7 Å². The molecule has 0 unspecified atom stereocenters. The molecule has 136 valence electrons. The number of aromatic nitrogens is 3. The Labute approximate surface area is 166 Å². The minimum Gasteiger partial charge on any atom is -0.267 e. The van der Waals surface area contributed by atoms with Crippen LogP contribution < -0.4 is 11.0 Å². The monoisotopic (exact) mass is 404 g/mol. The van der Waals surface area contributed by atoms with Crippen molar-refractivity contribution in [3.63, 3.8) is 0 Å². The lowest BCUT2D eigenvalue weighted by Crippen LogP contribution is -2.33. The first-order valence-electron chi connectivity index (χ1n) is 8.39. The van der Waals surface area contributed by atoms with Crippen LogP contribution >= 0.6 is 22.7 Å². The van der Waals surface area contributed by atoms with Crippen molar-refractivity contribution < 1.29 is 4.79 Å². The maximum absolute atomic E-state index is 13.0. The van der Waals surface area contributed by atoms with Gasteiger partial charge in [0.15, 0.2) is 0 Å². The highest BCUT2D eigenvalue weighted by atomic mass is 32.1. The fourth-order valence-electron chi connectivity index (χ4n) is 3.01. The molecule has 8 heteroatoms. The molecule has 0 spiro atoms. The molecule has 0 aliphatic carbocycles. The smallest absolute Gasteiger partial charge is 0.267 e. The lowest BCUT2D eigenvalue weighted by atomic mass is 10.1. The summed E-state index contributed by atoms with van der Waals surface area (Å²) in [5.41, 5.74) is 7.11. The number of carbonyl (C=O) groups excluding carboxylic acids is 1. The molecule has 0 aliphatic rings. The van der Waals surface area contributed by atoms with Gasteiger partial charge >= 0.3 is 0 Å². The van der Waals surface area contributed by atoms with Gasteiger partial charge in [-0.1, -0.05) is 30.3 Å². The Morgan fingerprint density at radius 3 is 2.75 bits per heavy atom.